The van der Waals surface area contributed by atoms with Crippen LogP contribution >= 0.6 is 0 Å². The Morgan fingerprint density at radius 1 is 0.528 bits per heavy atom. The zero-order valence-corrected chi connectivity index (χ0v) is 30.3. The first-order valence-electron chi connectivity index (χ1n) is 18.7. The number of benzene rings is 7. The molecule has 0 saturated carbocycles. The summed E-state index contributed by atoms with van der Waals surface area (Å²) in [5.41, 5.74) is 17.6. The molecule has 0 aromatic heterocycles. The van der Waals surface area contributed by atoms with Gasteiger partial charge in [0, 0.05) is 45.4 Å². The summed E-state index contributed by atoms with van der Waals surface area (Å²) in [6.45, 7) is 7.04. The van der Waals surface area contributed by atoms with Crippen LogP contribution in [0.15, 0.2) is 193 Å². The largest absolute Gasteiger partial charge is 0.313 e. The van der Waals surface area contributed by atoms with Crippen molar-refractivity contribution in [1.29, 1.82) is 0 Å². The van der Waals surface area contributed by atoms with E-state index in [2.05, 4.69) is 213 Å². The molecular weight excluding hydrogens is 641 g/mol. The number of nitrogens with zero attached hydrogens (tertiary/aromatic N) is 2. The van der Waals surface area contributed by atoms with Crippen molar-refractivity contribution in [3.8, 4) is 22.3 Å². The molecule has 0 spiro atoms. The van der Waals surface area contributed by atoms with Gasteiger partial charge < -0.3 is 9.80 Å². The molecule has 1 aliphatic heterocycles. The lowest BCUT2D eigenvalue weighted by atomic mass is 9.81. The van der Waals surface area contributed by atoms with Gasteiger partial charge in [0.1, 0.15) is 0 Å². The van der Waals surface area contributed by atoms with Crippen LogP contribution in [0, 0.1) is 5.92 Å². The molecule has 0 radical (unpaired) electrons. The highest BCUT2D eigenvalue weighted by molar-refractivity contribution is 5.93. The van der Waals surface area contributed by atoms with Gasteiger partial charge >= 0.3 is 0 Å². The lowest BCUT2D eigenvalue weighted by molar-refractivity contribution is 0.660. The van der Waals surface area contributed by atoms with Gasteiger partial charge in [-0.05, 0) is 116 Å². The minimum Gasteiger partial charge on any atom is -0.313 e. The fraction of sp³-hybridized carbons (Fsp3) is 0.0980. The lowest BCUT2D eigenvalue weighted by Crippen LogP contribution is -2.27. The molecule has 0 amide bonds. The molecule has 0 fully saturated rings. The van der Waals surface area contributed by atoms with E-state index in [1.165, 1.54) is 72.4 Å². The lowest BCUT2D eigenvalue weighted by Gasteiger charge is -2.38. The van der Waals surface area contributed by atoms with Crippen LogP contribution in [-0.2, 0) is 5.41 Å². The summed E-state index contributed by atoms with van der Waals surface area (Å²) in [6, 6.07) is 60.1. The number of rotatable bonds is 5. The van der Waals surface area contributed by atoms with Crippen LogP contribution in [-0.4, -0.2) is 0 Å². The highest BCUT2D eigenvalue weighted by atomic mass is 15.2. The number of allylic oxidation sites excluding steroid dienone is 4. The van der Waals surface area contributed by atoms with Crippen molar-refractivity contribution >= 4 is 39.1 Å². The second-order valence-electron chi connectivity index (χ2n) is 15.0. The zero-order chi connectivity index (χ0) is 35.7. The highest BCUT2D eigenvalue weighted by Crippen LogP contribution is 2.51. The molecule has 3 aliphatic rings. The van der Waals surface area contributed by atoms with E-state index in [1.807, 2.05) is 0 Å². The van der Waals surface area contributed by atoms with E-state index >= 15 is 0 Å². The Balaban J connectivity index is 1.10. The first kappa shape index (κ1) is 31.4. The van der Waals surface area contributed by atoms with E-state index in [4.69, 9.17) is 0 Å². The topological polar surface area (TPSA) is 6.48 Å². The Labute approximate surface area is 312 Å². The third-order valence-electron chi connectivity index (χ3n) is 11.7. The number of hydrogen-bond donors (Lipinski definition) is 0. The first-order valence-corrected chi connectivity index (χ1v) is 18.7. The summed E-state index contributed by atoms with van der Waals surface area (Å²) in [4.78, 5) is 4.86. The molecular formula is C51H40N2. The molecule has 53 heavy (non-hydrogen) atoms. The smallest absolute Gasteiger partial charge is 0.0534 e. The van der Waals surface area contributed by atoms with E-state index < -0.39 is 0 Å². The van der Waals surface area contributed by atoms with Gasteiger partial charge in [0.25, 0.3) is 0 Å². The summed E-state index contributed by atoms with van der Waals surface area (Å²) in [5.74, 6) is 0.204. The van der Waals surface area contributed by atoms with E-state index in [0.29, 0.717) is 0 Å². The molecule has 1 atom stereocenters. The van der Waals surface area contributed by atoms with Crippen LogP contribution in [0.1, 0.15) is 37.5 Å². The second kappa shape index (κ2) is 12.1. The van der Waals surface area contributed by atoms with Crippen molar-refractivity contribution < 1.29 is 0 Å². The molecule has 2 aliphatic carbocycles. The van der Waals surface area contributed by atoms with Crippen molar-refractivity contribution in [3.05, 3.63) is 210 Å². The van der Waals surface area contributed by atoms with Crippen LogP contribution in [0.3, 0.4) is 0 Å². The first-order chi connectivity index (χ1) is 26.0. The molecule has 10 rings (SSSR count). The Morgan fingerprint density at radius 3 is 2.02 bits per heavy atom. The summed E-state index contributed by atoms with van der Waals surface area (Å²) >= 11 is 0. The van der Waals surface area contributed by atoms with Crippen molar-refractivity contribution in [1.82, 2.24) is 0 Å². The molecule has 7 aromatic carbocycles. The van der Waals surface area contributed by atoms with Crippen molar-refractivity contribution in [2.24, 2.45) is 5.92 Å². The zero-order valence-electron chi connectivity index (χ0n) is 30.3. The molecule has 0 saturated heterocycles. The van der Waals surface area contributed by atoms with Crippen LogP contribution < -0.4 is 9.80 Å². The maximum atomic E-state index is 2.43. The minimum atomic E-state index is -0.0350. The van der Waals surface area contributed by atoms with E-state index in [0.717, 1.165) is 17.1 Å². The predicted molar refractivity (Wildman–Crippen MR) is 224 cm³/mol. The van der Waals surface area contributed by atoms with E-state index in [9.17, 15) is 0 Å². The minimum absolute atomic E-state index is 0.0350. The van der Waals surface area contributed by atoms with E-state index in [1.54, 1.807) is 0 Å². The van der Waals surface area contributed by atoms with Crippen molar-refractivity contribution in [2.45, 2.75) is 26.2 Å². The van der Waals surface area contributed by atoms with Gasteiger partial charge in [0.05, 0.1) is 5.69 Å². The van der Waals surface area contributed by atoms with Crippen LogP contribution in [0.2, 0.25) is 0 Å². The van der Waals surface area contributed by atoms with Crippen LogP contribution in [0.5, 0.6) is 0 Å². The van der Waals surface area contributed by atoms with Gasteiger partial charge in [-0.25, -0.2) is 0 Å². The molecule has 0 N–H and O–H groups in total. The van der Waals surface area contributed by atoms with Crippen molar-refractivity contribution in [2.75, 3.05) is 9.80 Å². The average Bonchev–Trinajstić information content (AvgIpc) is 3.36. The Bertz CT molecular complexity index is 2660. The third kappa shape index (κ3) is 5.01. The van der Waals surface area contributed by atoms with Gasteiger partial charge in [0.2, 0.25) is 0 Å². The molecule has 254 valence electrons. The molecule has 2 bridgehead atoms. The third-order valence-corrected chi connectivity index (χ3v) is 11.7. The molecule has 2 nitrogen and oxygen atoms in total. The van der Waals surface area contributed by atoms with Gasteiger partial charge in [-0.2, -0.15) is 0 Å². The molecule has 0 unspecified atom stereocenters. The predicted octanol–water partition coefficient (Wildman–Crippen LogP) is 13.6. The number of anilines is 4. The number of hydrogen-bond acceptors (Lipinski definition) is 2. The molecule has 2 heteroatoms. The van der Waals surface area contributed by atoms with Crippen molar-refractivity contribution in [3.63, 3.8) is 0 Å². The summed E-state index contributed by atoms with van der Waals surface area (Å²) < 4.78 is 0. The number of fused-ring (bicyclic) bond motifs is 8. The fourth-order valence-electron chi connectivity index (χ4n) is 8.89. The fourth-order valence-corrected chi connectivity index (χ4v) is 8.89. The monoisotopic (exact) mass is 680 g/mol. The number of para-hydroxylation sites is 2. The highest BCUT2D eigenvalue weighted by Gasteiger charge is 2.36. The quantitative estimate of drug-likeness (QED) is 0.179. The van der Waals surface area contributed by atoms with E-state index in [-0.39, 0.29) is 11.3 Å². The maximum Gasteiger partial charge on any atom is 0.0534 e. The van der Waals surface area contributed by atoms with Gasteiger partial charge in [-0.1, -0.05) is 136 Å². The summed E-state index contributed by atoms with van der Waals surface area (Å²) in [5, 5.41) is 2.46. The van der Waals surface area contributed by atoms with Gasteiger partial charge in [-0.3, -0.25) is 0 Å². The normalized spacial score (nSPS) is 16.5. The van der Waals surface area contributed by atoms with Crippen LogP contribution in [0.4, 0.5) is 22.7 Å². The SMILES string of the molecule is C[C@H]1C2=CC(N(c3ccc(-c4ccc5c(c4)C(C)(C)c4ccccc4-5)cc3)c3ccc4ccccc4c3)=CC=C1N(c1ccccc1)c1ccccc12. The molecule has 7 aromatic rings. The second-order valence-corrected chi connectivity index (χ2v) is 15.0. The van der Waals surface area contributed by atoms with Gasteiger partial charge in [0.15, 0.2) is 0 Å². The van der Waals surface area contributed by atoms with Gasteiger partial charge in [-0.15, -0.1) is 0 Å². The Morgan fingerprint density at radius 2 is 1.19 bits per heavy atom. The Kier molecular flexibility index (Phi) is 7.16. The average molecular weight is 681 g/mol. The summed E-state index contributed by atoms with van der Waals surface area (Å²) in [6.07, 6.45) is 7.06. The summed E-state index contributed by atoms with van der Waals surface area (Å²) in [7, 11) is 0. The molecule has 1 heterocycles. The standard InChI is InChI=1S/C51H40N2/c1-34-46-33-42(28-30-49(34)53(39-15-5-4-6-16-39)50-20-12-10-18-45(46)50)52(41-27-23-35-13-7-8-14-37(35)31-41)40-25-21-36(22-26-40)38-24-29-44-43-17-9-11-19-47(43)51(2,3)48(44)32-38/h4-34H,1-3H3/t34-/m0/s1. The Hall–Kier alpha value is -6.38. The maximum absolute atomic E-state index is 2.43. The van der Waals surface area contributed by atoms with Crippen LogP contribution in [0.25, 0.3) is 38.6 Å².